The topological polar surface area (TPSA) is 48.8 Å². The lowest BCUT2D eigenvalue weighted by molar-refractivity contribution is 0.570. The molecule has 0 amide bonds. The van der Waals surface area contributed by atoms with E-state index in [1.54, 1.807) is 6.08 Å². The van der Waals surface area contributed by atoms with Crippen LogP contribution >= 0.6 is 0 Å². The third-order valence-corrected chi connectivity index (χ3v) is 2.33. The van der Waals surface area contributed by atoms with Gasteiger partial charge in [0.15, 0.2) is 0 Å². The molecule has 0 aliphatic heterocycles. The minimum atomic E-state index is -0.00817. The van der Waals surface area contributed by atoms with Gasteiger partial charge in [-0.05, 0) is 12.0 Å². The highest BCUT2D eigenvalue weighted by Crippen LogP contribution is 2.10. The van der Waals surface area contributed by atoms with Crippen LogP contribution in [0.1, 0.15) is 51.9 Å². The van der Waals surface area contributed by atoms with E-state index in [4.69, 9.17) is 5.53 Å². The third kappa shape index (κ3) is 7.69. The maximum atomic E-state index is 8.25. The average Bonchev–Trinajstić information content (AvgIpc) is 2.21. The summed E-state index contributed by atoms with van der Waals surface area (Å²) >= 11 is 0. The molecule has 0 bridgehead atoms. The van der Waals surface area contributed by atoms with Crippen molar-refractivity contribution in [3.63, 3.8) is 0 Å². The summed E-state index contributed by atoms with van der Waals surface area (Å²) in [5.41, 5.74) is 8.25. The largest absolute Gasteiger partial charge is 0.103 e. The normalized spacial score (nSPS) is 11.8. The molecule has 0 aromatic heterocycles. The van der Waals surface area contributed by atoms with Gasteiger partial charge in [0, 0.05) is 4.91 Å². The van der Waals surface area contributed by atoms with Crippen LogP contribution in [-0.2, 0) is 0 Å². The molecule has 0 aromatic carbocycles. The molecule has 3 heteroatoms. The zero-order valence-corrected chi connectivity index (χ0v) is 9.15. The van der Waals surface area contributed by atoms with Gasteiger partial charge < -0.3 is 0 Å². The predicted molar refractivity (Wildman–Crippen MR) is 61.1 cm³/mol. The van der Waals surface area contributed by atoms with Crippen LogP contribution in [0.5, 0.6) is 0 Å². The molecule has 14 heavy (non-hydrogen) atoms. The van der Waals surface area contributed by atoms with Crippen LogP contribution in [0.4, 0.5) is 0 Å². The minimum absolute atomic E-state index is 0.00817. The summed E-state index contributed by atoms with van der Waals surface area (Å²) in [5, 5.41) is 3.64. The van der Waals surface area contributed by atoms with Crippen LogP contribution in [-0.4, -0.2) is 6.04 Å². The number of azide groups is 1. The quantitative estimate of drug-likeness (QED) is 0.170. The van der Waals surface area contributed by atoms with Crippen molar-refractivity contribution in [2.75, 3.05) is 0 Å². The van der Waals surface area contributed by atoms with Gasteiger partial charge in [-0.15, -0.1) is 6.58 Å². The molecule has 0 aromatic rings. The first kappa shape index (κ1) is 13.1. The zero-order chi connectivity index (χ0) is 10.6. The number of hydrogen-bond donors (Lipinski definition) is 0. The Hall–Kier alpha value is -0.950. The number of rotatable bonds is 9. The summed E-state index contributed by atoms with van der Waals surface area (Å²) in [6, 6.07) is -0.00817. The van der Waals surface area contributed by atoms with Gasteiger partial charge in [-0.1, -0.05) is 56.6 Å². The van der Waals surface area contributed by atoms with Gasteiger partial charge in [-0.2, -0.15) is 0 Å². The van der Waals surface area contributed by atoms with Crippen molar-refractivity contribution >= 4 is 0 Å². The smallest absolute Gasteiger partial charge is 0.0552 e. The average molecular weight is 195 g/mol. The highest BCUT2D eigenvalue weighted by molar-refractivity contribution is 4.85. The second-order valence-corrected chi connectivity index (χ2v) is 3.56. The summed E-state index contributed by atoms with van der Waals surface area (Å²) in [4.78, 5) is 2.79. The molecule has 1 atom stereocenters. The molecular weight excluding hydrogens is 174 g/mol. The van der Waals surface area contributed by atoms with Crippen molar-refractivity contribution < 1.29 is 0 Å². The maximum absolute atomic E-state index is 8.25. The molecule has 0 N–H and O–H groups in total. The van der Waals surface area contributed by atoms with Gasteiger partial charge in [0.05, 0.1) is 6.04 Å². The van der Waals surface area contributed by atoms with E-state index in [1.807, 2.05) is 0 Å². The van der Waals surface area contributed by atoms with Crippen molar-refractivity contribution in [3.05, 3.63) is 23.1 Å². The Balaban J connectivity index is 3.33. The first-order valence-electron chi connectivity index (χ1n) is 5.52. The summed E-state index contributed by atoms with van der Waals surface area (Å²) < 4.78 is 0. The lowest BCUT2D eigenvalue weighted by atomic mass is 10.1. The molecule has 0 saturated heterocycles. The SMILES string of the molecule is C=CC(CCCCCCCC)N=[N+]=[N-]. The lowest BCUT2D eigenvalue weighted by Gasteiger charge is -2.04. The van der Waals surface area contributed by atoms with Crippen molar-refractivity contribution in [1.29, 1.82) is 0 Å². The third-order valence-electron chi connectivity index (χ3n) is 2.33. The first-order chi connectivity index (χ1) is 6.85. The van der Waals surface area contributed by atoms with E-state index in [-0.39, 0.29) is 6.04 Å². The van der Waals surface area contributed by atoms with Crippen molar-refractivity contribution in [1.82, 2.24) is 0 Å². The van der Waals surface area contributed by atoms with E-state index in [0.717, 1.165) is 12.8 Å². The van der Waals surface area contributed by atoms with Gasteiger partial charge in [-0.25, -0.2) is 0 Å². The lowest BCUT2D eigenvalue weighted by Crippen LogP contribution is -1.97. The van der Waals surface area contributed by atoms with Gasteiger partial charge >= 0.3 is 0 Å². The van der Waals surface area contributed by atoms with E-state index in [0.29, 0.717) is 0 Å². The van der Waals surface area contributed by atoms with Crippen molar-refractivity contribution in [2.24, 2.45) is 5.11 Å². The Morgan fingerprint density at radius 2 is 1.93 bits per heavy atom. The van der Waals surface area contributed by atoms with Crippen molar-refractivity contribution in [3.8, 4) is 0 Å². The van der Waals surface area contributed by atoms with Gasteiger partial charge in [0.25, 0.3) is 0 Å². The molecule has 0 aliphatic rings. The monoisotopic (exact) mass is 195 g/mol. The summed E-state index contributed by atoms with van der Waals surface area (Å²) in [6.45, 7) is 5.86. The molecule has 0 spiro atoms. The molecule has 0 rings (SSSR count). The summed E-state index contributed by atoms with van der Waals surface area (Å²) in [5.74, 6) is 0. The molecule has 3 nitrogen and oxygen atoms in total. The van der Waals surface area contributed by atoms with E-state index in [9.17, 15) is 0 Å². The van der Waals surface area contributed by atoms with Crippen LogP contribution in [0.25, 0.3) is 10.4 Å². The van der Waals surface area contributed by atoms with E-state index in [2.05, 4.69) is 23.5 Å². The highest BCUT2D eigenvalue weighted by Gasteiger charge is 1.99. The van der Waals surface area contributed by atoms with Crippen LogP contribution in [0.2, 0.25) is 0 Å². The predicted octanol–water partition coefficient (Wildman–Crippen LogP) is 4.60. The minimum Gasteiger partial charge on any atom is -0.103 e. The molecule has 0 radical (unpaired) electrons. The second-order valence-electron chi connectivity index (χ2n) is 3.56. The first-order valence-corrected chi connectivity index (χ1v) is 5.52. The number of nitrogens with zero attached hydrogens (tertiary/aromatic N) is 3. The Kier molecular flexibility index (Phi) is 9.45. The van der Waals surface area contributed by atoms with Crippen molar-refractivity contribution in [2.45, 2.75) is 57.9 Å². The molecule has 0 aliphatic carbocycles. The fraction of sp³-hybridized carbons (Fsp3) is 0.818. The summed E-state index contributed by atoms with van der Waals surface area (Å²) in [7, 11) is 0. The maximum Gasteiger partial charge on any atom is 0.0552 e. The van der Waals surface area contributed by atoms with Crippen LogP contribution in [0.15, 0.2) is 17.8 Å². The van der Waals surface area contributed by atoms with E-state index in [1.165, 1.54) is 32.1 Å². The Morgan fingerprint density at radius 1 is 1.29 bits per heavy atom. The molecule has 0 heterocycles. The standard InChI is InChI=1S/C11H21N3/c1-3-5-6-7-8-9-10-11(4-2)13-14-12/h4,11H,2-3,5-10H2,1H3. The second kappa shape index (κ2) is 10.1. The zero-order valence-electron chi connectivity index (χ0n) is 9.15. The van der Waals surface area contributed by atoms with E-state index < -0.39 is 0 Å². The Morgan fingerprint density at radius 3 is 2.50 bits per heavy atom. The molecule has 0 saturated carbocycles. The number of unbranched alkanes of at least 4 members (excludes halogenated alkanes) is 5. The van der Waals surface area contributed by atoms with Gasteiger partial charge in [0.1, 0.15) is 0 Å². The molecule has 80 valence electrons. The fourth-order valence-electron chi connectivity index (χ4n) is 1.42. The fourth-order valence-corrected chi connectivity index (χ4v) is 1.42. The number of hydrogen-bond acceptors (Lipinski definition) is 1. The van der Waals surface area contributed by atoms with Crippen LogP contribution in [0.3, 0.4) is 0 Å². The van der Waals surface area contributed by atoms with Crippen LogP contribution < -0.4 is 0 Å². The van der Waals surface area contributed by atoms with E-state index >= 15 is 0 Å². The Labute approximate surface area is 86.8 Å². The van der Waals surface area contributed by atoms with Gasteiger partial charge in [0.2, 0.25) is 0 Å². The van der Waals surface area contributed by atoms with Gasteiger partial charge in [-0.3, -0.25) is 0 Å². The Bertz CT molecular complexity index is 183. The van der Waals surface area contributed by atoms with Crippen LogP contribution in [0, 0.1) is 0 Å². The molecule has 0 fully saturated rings. The highest BCUT2D eigenvalue weighted by atomic mass is 15.1. The molecular formula is C11H21N3. The summed E-state index contributed by atoms with van der Waals surface area (Å²) in [6.07, 6.45) is 10.3. The molecule has 1 unspecified atom stereocenters.